The standard InChI is InChI=1S/C22H23FN2O3/c1-2-18(27-19-9-5-3-7-16(19)23)22(26)25-13-11-15(12-14-25)21-24-17-8-4-6-10-20(17)28-21/h3-10,15,18H,2,11-14H2,1H3. The van der Waals surface area contributed by atoms with Crippen LogP contribution in [0.3, 0.4) is 0 Å². The molecule has 0 spiro atoms. The van der Waals surface area contributed by atoms with Crippen molar-refractivity contribution in [2.24, 2.45) is 0 Å². The predicted molar refractivity (Wildman–Crippen MR) is 104 cm³/mol. The third-order valence-electron chi connectivity index (χ3n) is 5.22. The number of carbonyl (C=O) groups is 1. The molecule has 0 N–H and O–H groups in total. The minimum atomic E-state index is -0.683. The molecule has 1 aliphatic rings. The molecule has 0 saturated carbocycles. The number of rotatable bonds is 5. The molecule has 4 rings (SSSR count). The molecule has 6 heteroatoms. The zero-order valence-corrected chi connectivity index (χ0v) is 15.8. The summed E-state index contributed by atoms with van der Waals surface area (Å²) in [5.41, 5.74) is 1.65. The van der Waals surface area contributed by atoms with Gasteiger partial charge in [-0.05, 0) is 43.5 Å². The van der Waals surface area contributed by atoms with Crippen molar-refractivity contribution in [3.8, 4) is 5.75 Å². The lowest BCUT2D eigenvalue weighted by atomic mass is 9.96. The number of nitrogens with zero attached hydrogens (tertiary/aromatic N) is 2. The zero-order valence-electron chi connectivity index (χ0n) is 15.8. The second kappa shape index (κ2) is 8.00. The third-order valence-corrected chi connectivity index (χ3v) is 5.22. The van der Waals surface area contributed by atoms with Gasteiger partial charge in [0.2, 0.25) is 0 Å². The molecule has 0 aliphatic carbocycles. The second-order valence-electron chi connectivity index (χ2n) is 7.06. The fraction of sp³-hybridized carbons (Fsp3) is 0.364. The molecule has 0 bridgehead atoms. The van der Waals surface area contributed by atoms with E-state index in [4.69, 9.17) is 9.15 Å². The summed E-state index contributed by atoms with van der Waals surface area (Å²) in [6, 6.07) is 13.9. The van der Waals surface area contributed by atoms with Crippen LogP contribution in [0, 0.1) is 5.82 Å². The van der Waals surface area contributed by atoms with Gasteiger partial charge in [0, 0.05) is 19.0 Å². The van der Waals surface area contributed by atoms with Crippen LogP contribution in [0.15, 0.2) is 52.9 Å². The summed E-state index contributed by atoms with van der Waals surface area (Å²) in [6.07, 6.45) is 1.37. The molecule has 1 aromatic heterocycles. The molecule has 1 atom stereocenters. The van der Waals surface area contributed by atoms with Gasteiger partial charge in [-0.25, -0.2) is 9.37 Å². The van der Waals surface area contributed by atoms with Gasteiger partial charge in [0.25, 0.3) is 5.91 Å². The molecule has 1 unspecified atom stereocenters. The van der Waals surface area contributed by atoms with Crippen LogP contribution in [-0.2, 0) is 4.79 Å². The Morgan fingerprint density at radius 2 is 1.93 bits per heavy atom. The van der Waals surface area contributed by atoms with Crippen molar-refractivity contribution in [2.45, 2.75) is 38.2 Å². The lowest BCUT2D eigenvalue weighted by molar-refractivity contribution is -0.140. The largest absolute Gasteiger partial charge is 0.478 e. The zero-order chi connectivity index (χ0) is 19.5. The van der Waals surface area contributed by atoms with Gasteiger partial charge in [-0.2, -0.15) is 0 Å². The maximum atomic E-state index is 13.9. The highest BCUT2D eigenvalue weighted by Crippen LogP contribution is 2.30. The number of halogens is 1. The van der Waals surface area contributed by atoms with E-state index in [1.807, 2.05) is 31.2 Å². The molecule has 2 heterocycles. The van der Waals surface area contributed by atoms with Crippen LogP contribution in [0.1, 0.15) is 38.0 Å². The number of aromatic nitrogens is 1. The van der Waals surface area contributed by atoms with Gasteiger partial charge < -0.3 is 14.1 Å². The number of benzene rings is 2. The van der Waals surface area contributed by atoms with Gasteiger partial charge in [-0.1, -0.05) is 31.2 Å². The Labute approximate surface area is 163 Å². The van der Waals surface area contributed by atoms with Gasteiger partial charge in [0.15, 0.2) is 29.1 Å². The van der Waals surface area contributed by atoms with E-state index in [2.05, 4.69) is 4.98 Å². The van der Waals surface area contributed by atoms with Crippen molar-refractivity contribution >= 4 is 17.0 Å². The summed E-state index contributed by atoms with van der Waals surface area (Å²) in [5.74, 6) is 0.501. The molecule has 1 fully saturated rings. The minimum absolute atomic E-state index is 0.0956. The first-order valence-electron chi connectivity index (χ1n) is 9.71. The number of hydrogen-bond acceptors (Lipinski definition) is 4. The van der Waals surface area contributed by atoms with Crippen molar-refractivity contribution in [1.82, 2.24) is 9.88 Å². The van der Waals surface area contributed by atoms with Crippen molar-refractivity contribution < 1.29 is 18.3 Å². The molecule has 0 radical (unpaired) electrons. The van der Waals surface area contributed by atoms with Crippen molar-refractivity contribution in [1.29, 1.82) is 0 Å². The van der Waals surface area contributed by atoms with Crippen molar-refractivity contribution in [3.05, 3.63) is 60.2 Å². The van der Waals surface area contributed by atoms with E-state index in [0.717, 1.165) is 29.8 Å². The second-order valence-corrected chi connectivity index (χ2v) is 7.06. The molecule has 1 amide bonds. The Hall–Kier alpha value is -2.89. The van der Waals surface area contributed by atoms with Crippen LogP contribution in [-0.4, -0.2) is 35.0 Å². The molecule has 3 aromatic rings. The van der Waals surface area contributed by atoms with Gasteiger partial charge in [-0.3, -0.25) is 4.79 Å². The Bertz CT molecular complexity index is 930. The number of para-hydroxylation sites is 3. The molecular weight excluding hydrogens is 359 g/mol. The monoisotopic (exact) mass is 382 g/mol. The lowest BCUT2D eigenvalue weighted by Crippen LogP contribution is -2.45. The van der Waals surface area contributed by atoms with Gasteiger partial charge >= 0.3 is 0 Å². The van der Waals surface area contributed by atoms with Gasteiger partial charge in [-0.15, -0.1) is 0 Å². The summed E-state index contributed by atoms with van der Waals surface area (Å²) < 4.78 is 25.4. The normalized spacial score (nSPS) is 16.3. The highest BCUT2D eigenvalue weighted by molar-refractivity contribution is 5.81. The van der Waals surface area contributed by atoms with Gasteiger partial charge in [0.1, 0.15) is 5.52 Å². The van der Waals surface area contributed by atoms with E-state index < -0.39 is 11.9 Å². The molecule has 1 aliphatic heterocycles. The Morgan fingerprint density at radius 3 is 2.64 bits per heavy atom. The van der Waals surface area contributed by atoms with E-state index in [9.17, 15) is 9.18 Å². The van der Waals surface area contributed by atoms with Crippen LogP contribution < -0.4 is 4.74 Å². The fourth-order valence-electron chi connectivity index (χ4n) is 3.62. The number of hydrogen-bond donors (Lipinski definition) is 0. The number of fused-ring (bicyclic) bond motifs is 1. The number of ether oxygens (including phenoxy) is 1. The van der Waals surface area contributed by atoms with E-state index in [1.165, 1.54) is 6.07 Å². The maximum absolute atomic E-state index is 13.9. The summed E-state index contributed by atoms with van der Waals surface area (Å²) in [5, 5.41) is 0. The van der Waals surface area contributed by atoms with Gasteiger partial charge in [0.05, 0.1) is 0 Å². The van der Waals surface area contributed by atoms with E-state index in [1.54, 1.807) is 23.1 Å². The minimum Gasteiger partial charge on any atom is -0.478 e. The van der Waals surface area contributed by atoms with Crippen LogP contribution >= 0.6 is 0 Å². The smallest absolute Gasteiger partial charge is 0.263 e. The van der Waals surface area contributed by atoms with E-state index in [-0.39, 0.29) is 17.6 Å². The lowest BCUT2D eigenvalue weighted by Gasteiger charge is -2.33. The molecular formula is C22H23FN2O3. The quantitative estimate of drug-likeness (QED) is 0.651. The molecule has 5 nitrogen and oxygen atoms in total. The third kappa shape index (κ3) is 3.72. The molecule has 2 aromatic carbocycles. The van der Waals surface area contributed by atoms with Crippen molar-refractivity contribution in [2.75, 3.05) is 13.1 Å². The first kappa shape index (κ1) is 18.5. The first-order valence-corrected chi connectivity index (χ1v) is 9.71. The number of oxazole rings is 1. The first-order chi connectivity index (χ1) is 13.7. The van der Waals surface area contributed by atoms with Crippen LogP contribution in [0.4, 0.5) is 4.39 Å². The Morgan fingerprint density at radius 1 is 1.21 bits per heavy atom. The highest BCUT2D eigenvalue weighted by Gasteiger charge is 2.31. The SMILES string of the molecule is CCC(Oc1ccccc1F)C(=O)N1CCC(c2nc3ccccc3o2)CC1. The van der Waals surface area contributed by atoms with Crippen LogP contribution in [0.2, 0.25) is 0 Å². The van der Waals surface area contributed by atoms with E-state index >= 15 is 0 Å². The summed E-state index contributed by atoms with van der Waals surface area (Å²) in [4.78, 5) is 19.3. The number of piperidine rings is 1. The number of carbonyl (C=O) groups excluding carboxylic acids is 1. The molecule has 1 saturated heterocycles. The summed E-state index contributed by atoms with van der Waals surface area (Å²) in [7, 11) is 0. The maximum Gasteiger partial charge on any atom is 0.263 e. The summed E-state index contributed by atoms with van der Waals surface area (Å²) in [6.45, 7) is 3.09. The van der Waals surface area contributed by atoms with Crippen LogP contribution in [0.5, 0.6) is 5.75 Å². The molecule has 28 heavy (non-hydrogen) atoms. The summed E-state index contributed by atoms with van der Waals surface area (Å²) >= 11 is 0. The Balaban J connectivity index is 1.39. The average Bonchev–Trinajstić information content (AvgIpc) is 3.17. The van der Waals surface area contributed by atoms with Crippen LogP contribution in [0.25, 0.3) is 11.1 Å². The molecule has 146 valence electrons. The van der Waals surface area contributed by atoms with Crippen molar-refractivity contribution in [3.63, 3.8) is 0 Å². The topological polar surface area (TPSA) is 55.6 Å². The Kier molecular flexibility index (Phi) is 5.28. The van der Waals surface area contributed by atoms with E-state index in [0.29, 0.717) is 19.5 Å². The fourth-order valence-corrected chi connectivity index (χ4v) is 3.62. The number of amides is 1. The highest BCUT2D eigenvalue weighted by atomic mass is 19.1. The predicted octanol–water partition coefficient (Wildman–Crippen LogP) is 4.53. The number of likely N-dealkylation sites (tertiary alicyclic amines) is 1. The average molecular weight is 382 g/mol.